The number of methoxy groups -OCH3 is 1. The average molecular weight is 303 g/mol. The van der Waals surface area contributed by atoms with Crippen LogP contribution in [0, 0.1) is 0 Å². The van der Waals surface area contributed by atoms with Gasteiger partial charge in [-0.05, 0) is 46.5 Å². The second-order valence-corrected chi connectivity index (χ2v) is 5.24. The van der Waals surface area contributed by atoms with E-state index in [0.29, 0.717) is 11.3 Å². The first-order chi connectivity index (χ1) is 11.2. The summed E-state index contributed by atoms with van der Waals surface area (Å²) in [6.45, 7) is 0. The van der Waals surface area contributed by atoms with E-state index in [1.165, 1.54) is 7.11 Å². The van der Waals surface area contributed by atoms with E-state index >= 15 is 0 Å². The highest BCUT2D eigenvalue weighted by atomic mass is 16.5. The number of hydrogen-bond donors (Lipinski definition) is 1. The zero-order valence-corrected chi connectivity index (χ0v) is 12.8. The molecule has 0 spiro atoms. The van der Waals surface area contributed by atoms with Crippen LogP contribution in [0.2, 0.25) is 0 Å². The minimum Gasteiger partial charge on any atom is -0.465 e. The van der Waals surface area contributed by atoms with Crippen LogP contribution in [0.5, 0.6) is 0 Å². The predicted molar refractivity (Wildman–Crippen MR) is 93.1 cm³/mol. The van der Waals surface area contributed by atoms with E-state index in [9.17, 15) is 4.79 Å². The lowest BCUT2D eigenvalue weighted by atomic mass is 9.93. The van der Waals surface area contributed by atoms with Crippen molar-refractivity contribution in [3.63, 3.8) is 0 Å². The Bertz CT molecular complexity index is 841. The molecule has 0 aliphatic heterocycles. The van der Waals surface area contributed by atoms with Gasteiger partial charge in [-0.3, -0.25) is 0 Å². The van der Waals surface area contributed by atoms with Crippen molar-refractivity contribution in [2.45, 2.75) is 0 Å². The highest BCUT2D eigenvalue weighted by Crippen LogP contribution is 2.34. The Morgan fingerprint density at radius 3 is 2.30 bits per heavy atom. The standard InChI is InChI=1S/C20H17NO2/c1-23-20(22)16-9-5-8-15(12-16)18-11-10-17(21)13-19(18)14-6-3-2-4-7-14/h2-13H,21H2,1H3. The molecule has 2 N–H and O–H groups in total. The van der Waals surface area contributed by atoms with Crippen molar-refractivity contribution >= 4 is 11.7 Å². The summed E-state index contributed by atoms with van der Waals surface area (Å²) in [4.78, 5) is 11.8. The first-order valence-corrected chi connectivity index (χ1v) is 7.33. The van der Waals surface area contributed by atoms with E-state index in [-0.39, 0.29) is 5.97 Å². The summed E-state index contributed by atoms with van der Waals surface area (Å²) in [6.07, 6.45) is 0. The SMILES string of the molecule is COC(=O)c1cccc(-c2ccc(N)cc2-c2ccccc2)c1. The quantitative estimate of drug-likeness (QED) is 0.576. The number of nitrogens with two attached hydrogens (primary N) is 1. The molecule has 0 fully saturated rings. The van der Waals surface area contributed by atoms with Gasteiger partial charge in [-0.25, -0.2) is 4.79 Å². The Morgan fingerprint density at radius 1 is 0.826 bits per heavy atom. The summed E-state index contributed by atoms with van der Waals surface area (Å²) >= 11 is 0. The van der Waals surface area contributed by atoms with Gasteiger partial charge >= 0.3 is 5.97 Å². The van der Waals surface area contributed by atoms with Gasteiger partial charge in [0, 0.05) is 5.69 Å². The molecule has 0 aromatic heterocycles. The van der Waals surface area contributed by atoms with Crippen molar-refractivity contribution in [2.75, 3.05) is 12.8 Å². The van der Waals surface area contributed by atoms with Crippen LogP contribution in [0.15, 0.2) is 72.8 Å². The lowest BCUT2D eigenvalue weighted by molar-refractivity contribution is 0.0601. The molecule has 0 saturated carbocycles. The summed E-state index contributed by atoms with van der Waals surface area (Å²) in [7, 11) is 1.38. The highest BCUT2D eigenvalue weighted by Gasteiger charge is 2.11. The number of carbonyl (C=O) groups excluding carboxylic acids is 1. The first kappa shape index (κ1) is 14.9. The molecular weight excluding hydrogens is 286 g/mol. The molecule has 0 unspecified atom stereocenters. The number of anilines is 1. The minimum absolute atomic E-state index is 0.344. The van der Waals surface area contributed by atoms with Gasteiger partial charge in [0.25, 0.3) is 0 Å². The maximum Gasteiger partial charge on any atom is 0.337 e. The van der Waals surface area contributed by atoms with Gasteiger partial charge in [0.05, 0.1) is 12.7 Å². The molecule has 3 heteroatoms. The lowest BCUT2D eigenvalue weighted by Gasteiger charge is -2.12. The average Bonchev–Trinajstić information content (AvgIpc) is 2.62. The Morgan fingerprint density at radius 2 is 1.57 bits per heavy atom. The summed E-state index contributed by atoms with van der Waals surface area (Å²) in [5.74, 6) is -0.344. The zero-order valence-electron chi connectivity index (χ0n) is 12.8. The van der Waals surface area contributed by atoms with Gasteiger partial charge in [-0.1, -0.05) is 48.5 Å². The van der Waals surface area contributed by atoms with Crippen molar-refractivity contribution in [1.29, 1.82) is 0 Å². The van der Waals surface area contributed by atoms with Gasteiger partial charge in [-0.15, -0.1) is 0 Å². The van der Waals surface area contributed by atoms with Gasteiger partial charge in [-0.2, -0.15) is 0 Å². The largest absolute Gasteiger partial charge is 0.465 e. The summed E-state index contributed by atoms with van der Waals surface area (Å²) in [5.41, 5.74) is 11.3. The first-order valence-electron chi connectivity index (χ1n) is 7.33. The number of esters is 1. The number of rotatable bonds is 3. The normalized spacial score (nSPS) is 10.3. The minimum atomic E-state index is -0.344. The van der Waals surface area contributed by atoms with E-state index < -0.39 is 0 Å². The third kappa shape index (κ3) is 3.09. The monoisotopic (exact) mass is 303 g/mol. The second kappa shape index (κ2) is 6.36. The lowest BCUT2D eigenvalue weighted by Crippen LogP contribution is -2.01. The molecule has 0 bridgehead atoms. The maximum atomic E-state index is 11.8. The topological polar surface area (TPSA) is 52.3 Å². The molecule has 0 heterocycles. The molecule has 0 amide bonds. The summed E-state index contributed by atoms with van der Waals surface area (Å²) in [6, 6.07) is 23.3. The molecule has 23 heavy (non-hydrogen) atoms. The number of benzene rings is 3. The molecular formula is C20H17NO2. The third-order valence-corrected chi connectivity index (χ3v) is 3.72. The Hall–Kier alpha value is -3.07. The van der Waals surface area contributed by atoms with Crippen LogP contribution in [0.1, 0.15) is 10.4 Å². The molecule has 0 aliphatic rings. The van der Waals surface area contributed by atoms with Crippen molar-refractivity contribution in [2.24, 2.45) is 0 Å². The van der Waals surface area contributed by atoms with Crippen molar-refractivity contribution < 1.29 is 9.53 Å². The van der Waals surface area contributed by atoms with Crippen molar-refractivity contribution in [3.05, 3.63) is 78.4 Å². The van der Waals surface area contributed by atoms with E-state index in [4.69, 9.17) is 10.5 Å². The number of hydrogen-bond acceptors (Lipinski definition) is 3. The van der Waals surface area contributed by atoms with Gasteiger partial charge in [0.1, 0.15) is 0 Å². The van der Waals surface area contributed by atoms with Gasteiger partial charge in [0.2, 0.25) is 0 Å². The number of nitrogen functional groups attached to an aromatic ring is 1. The Labute approximate surface area is 135 Å². The fourth-order valence-electron chi connectivity index (χ4n) is 2.60. The predicted octanol–water partition coefficient (Wildman–Crippen LogP) is 4.39. The maximum absolute atomic E-state index is 11.8. The van der Waals surface area contributed by atoms with Crippen LogP contribution in [0.25, 0.3) is 22.3 Å². The van der Waals surface area contributed by atoms with Crippen LogP contribution in [-0.2, 0) is 4.74 Å². The smallest absolute Gasteiger partial charge is 0.337 e. The van der Waals surface area contributed by atoms with E-state index in [1.54, 1.807) is 6.07 Å². The summed E-state index contributed by atoms with van der Waals surface area (Å²) < 4.78 is 4.80. The fourth-order valence-corrected chi connectivity index (χ4v) is 2.60. The molecule has 0 radical (unpaired) electrons. The van der Waals surface area contributed by atoms with Crippen LogP contribution in [0.4, 0.5) is 5.69 Å². The highest BCUT2D eigenvalue weighted by molar-refractivity contribution is 5.93. The number of carbonyl (C=O) groups is 1. The van der Waals surface area contributed by atoms with Crippen molar-refractivity contribution in [1.82, 2.24) is 0 Å². The van der Waals surface area contributed by atoms with Gasteiger partial charge in [0.15, 0.2) is 0 Å². The van der Waals surface area contributed by atoms with E-state index in [1.807, 2.05) is 66.7 Å². The zero-order chi connectivity index (χ0) is 16.2. The van der Waals surface area contributed by atoms with E-state index in [2.05, 4.69) is 0 Å². The van der Waals surface area contributed by atoms with Crippen LogP contribution < -0.4 is 5.73 Å². The van der Waals surface area contributed by atoms with Crippen LogP contribution in [0.3, 0.4) is 0 Å². The molecule has 3 aromatic carbocycles. The molecule has 3 aromatic rings. The Balaban J connectivity index is 2.16. The molecule has 3 nitrogen and oxygen atoms in total. The summed E-state index contributed by atoms with van der Waals surface area (Å²) in [5, 5.41) is 0. The number of ether oxygens (including phenoxy) is 1. The van der Waals surface area contributed by atoms with Crippen LogP contribution >= 0.6 is 0 Å². The molecule has 0 aliphatic carbocycles. The van der Waals surface area contributed by atoms with Crippen LogP contribution in [-0.4, -0.2) is 13.1 Å². The molecule has 0 saturated heterocycles. The third-order valence-electron chi connectivity index (χ3n) is 3.72. The molecule has 3 rings (SSSR count). The molecule has 114 valence electrons. The van der Waals surface area contributed by atoms with E-state index in [0.717, 1.165) is 22.3 Å². The fraction of sp³-hybridized carbons (Fsp3) is 0.0500. The second-order valence-electron chi connectivity index (χ2n) is 5.24. The van der Waals surface area contributed by atoms with Crippen molar-refractivity contribution in [3.8, 4) is 22.3 Å². The molecule has 0 atom stereocenters. The Kier molecular flexibility index (Phi) is 4.11. The van der Waals surface area contributed by atoms with Gasteiger partial charge < -0.3 is 10.5 Å².